The van der Waals surface area contributed by atoms with Crippen LogP contribution in [0.25, 0.3) is 0 Å². The van der Waals surface area contributed by atoms with Crippen molar-refractivity contribution in [2.75, 3.05) is 0 Å². The number of hydrogen-bond donors (Lipinski definition) is 0. The monoisotopic (exact) mass is 196 g/mol. The molecule has 0 aromatic carbocycles. The van der Waals surface area contributed by atoms with Crippen LogP contribution in [0.3, 0.4) is 0 Å². The molecule has 0 bridgehead atoms. The van der Waals surface area contributed by atoms with E-state index in [9.17, 15) is 0 Å². The highest BCUT2D eigenvalue weighted by Crippen LogP contribution is 2.36. The largest absolute Gasteiger partial charge is 0.0654 e. The van der Waals surface area contributed by atoms with E-state index in [1.165, 1.54) is 57.8 Å². The second kappa shape index (κ2) is 5.78. The summed E-state index contributed by atoms with van der Waals surface area (Å²) in [6.45, 7) is 7.28. The van der Waals surface area contributed by atoms with Gasteiger partial charge in [-0.3, -0.25) is 0 Å². The maximum Gasteiger partial charge on any atom is -0.0352 e. The molecule has 0 spiro atoms. The lowest BCUT2D eigenvalue weighted by molar-refractivity contribution is 0.232. The van der Waals surface area contributed by atoms with Crippen LogP contribution in [0, 0.1) is 11.3 Å². The first-order chi connectivity index (χ1) is 6.64. The third-order valence-corrected chi connectivity index (χ3v) is 3.75. The number of rotatable bonds is 2. The van der Waals surface area contributed by atoms with Gasteiger partial charge >= 0.3 is 0 Å². The molecule has 1 unspecified atom stereocenters. The Labute approximate surface area is 90.5 Å². The van der Waals surface area contributed by atoms with Crippen molar-refractivity contribution >= 4 is 0 Å². The summed E-state index contributed by atoms with van der Waals surface area (Å²) in [5.41, 5.74) is 0.615. The van der Waals surface area contributed by atoms with Gasteiger partial charge in [0.05, 0.1) is 0 Å². The summed E-state index contributed by atoms with van der Waals surface area (Å²) in [4.78, 5) is 0. The maximum atomic E-state index is 2.47. The molecule has 1 aliphatic rings. The molecule has 1 atom stereocenters. The van der Waals surface area contributed by atoms with Crippen LogP contribution in [-0.4, -0.2) is 0 Å². The van der Waals surface area contributed by atoms with E-state index in [0.29, 0.717) is 5.41 Å². The molecule has 1 aliphatic carbocycles. The molecule has 0 heteroatoms. The molecule has 0 amide bonds. The van der Waals surface area contributed by atoms with Crippen LogP contribution in [0.4, 0.5) is 0 Å². The van der Waals surface area contributed by atoms with Crippen molar-refractivity contribution < 1.29 is 0 Å². The maximum absolute atomic E-state index is 2.47. The average molecular weight is 196 g/mol. The zero-order valence-electron chi connectivity index (χ0n) is 10.4. The van der Waals surface area contributed by atoms with Gasteiger partial charge in [0.2, 0.25) is 0 Å². The molecule has 1 saturated carbocycles. The predicted molar refractivity (Wildman–Crippen MR) is 64.5 cm³/mol. The molecule has 0 aliphatic heterocycles. The van der Waals surface area contributed by atoms with Gasteiger partial charge < -0.3 is 0 Å². The summed E-state index contributed by atoms with van der Waals surface area (Å²) in [6.07, 6.45) is 13.2. The van der Waals surface area contributed by atoms with Gasteiger partial charge in [-0.2, -0.15) is 0 Å². The summed E-state index contributed by atoms with van der Waals surface area (Å²) in [6, 6.07) is 0. The van der Waals surface area contributed by atoms with E-state index in [2.05, 4.69) is 20.8 Å². The molecule has 0 N–H and O–H groups in total. The van der Waals surface area contributed by atoms with Crippen LogP contribution in [0.2, 0.25) is 0 Å². The standard InChI is InChI=1S/C14H28/c1-4-9-13-10-7-5-6-8-11-14(2,3)12-13/h13H,4-12H2,1-3H3. The summed E-state index contributed by atoms with van der Waals surface area (Å²) in [7, 11) is 0. The van der Waals surface area contributed by atoms with Crippen molar-refractivity contribution in [3.8, 4) is 0 Å². The first-order valence-corrected chi connectivity index (χ1v) is 6.64. The average Bonchev–Trinajstić information content (AvgIpc) is 2.16. The molecule has 0 aromatic rings. The Morgan fingerprint density at radius 2 is 1.79 bits per heavy atom. The van der Waals surface area contributed by atoms with Gasteiger partial charge in [0.1, 0.15) is 0 Å². The zero-order chi connectivity index (χ0) is 10.4. The van der Waals surface area contributed by atoms with Crippen molar-refractivity contribution in [1.29, 1.82) is 0 Å². The first-order valence-electron chi connectivity index (χ1n) is 6.64. The Bertz CT molecular complexity index is 146. The Morgan fingerprint density at radius 1 is 1.07 bits per heavy atom. The molecular formula is C14H28. The third kappa shape index (κ3) is 4.48. The SMILES string of the molecule is CCCC1CCCCCCC(C)(C)C1. The molecule has 0 aromatic heterocycles. The van der Waals surface area contributed by atoms with E-state index < -0.39 is 0 Å². The van der Waals surface area contributed by atoms with E-state index in [-0.39, 0.29) is 0 Å². The molecule has 84 valence electrons. The second-order valence-corrected chi connectivity index (χ2v) is 5.98. The van der Waals surface area contributed by atoms with Gasteiger partial charge in [-0.1, -0.05) is 65.7 Å². The second-order valence-electron chi connectivity index (χ2n) is 5.98. The van der Waals surface area contributed by atoms with Gasteiger partial charge in [0.25, 0.3) is 0 Å². The zero-order valence-corrected chi connectivity index (χ0v) is 10.4. The molecule has 0 radical (unpaired) electrons. The van der Waals surface area contributed by atoms with Crippen molar-refractivity contribution in [2.24, 2.45) is 11.3 Å². The van der Waals surface area contributed by atoms with E-state index in [0.717, 1.165) is 5.92 Å². The Kier molecular flexibility index (Phi) is 4.98. The van der Waals surface area contributed by atoms with Crippen LogP contribution < -0.4 is 0 Å². The first kappa shape index (κ1) is 12.1. The van der Waals surface area contributed by atoms with Gasteiger partial charge in [-0.15, -0.1) is 0 Å². The minimum absolute atomic E-state index is 0.615. The normalized spacial score (nSPS) is 28.9. The number of hydrogen-bond acceptors (Lipinski definition) is 0. The van der Waals surface area contributed by atoms with Crippen LogP contribution in [0.1, 0.15) is 78.6 Å². The van der Waals surface area contributed by atoms with Crippen molar-refractivity contribution in [3.05, 3.63) is 0 Å². The molecular weight excluding hydrogens is 168 g/mol. The fourth-order valence-electron chi connectivity index (χ4n) is 3.03. The van der Waals surface area contributed by atoms with Crippen LogP contribution >= 0.6 is 0 Å². The van der Waals surface area contributed by atoms with Crippen LogP contribution in [0.5, 0.6) is 0 Å². The topological polar surface area (TPSA) is 0 Å². The van der Waals surface area contributed by atoms with Crippen LogP contribution in [0.15, 0.2) is 0 Å². The Hall–Kier alpha value is 0. The highest BCUT2D eigenvalue weighted by Gasteiger charge is 2.23. The van der Waals surface area contributed by atoms with Gasteiger partial charge in [0.15, 0.2) is 0 Å². The highest BCUT2D eigenvalue weighted by atomic mass is 14.3. The molecule has 0 heterocycles. The molecule has 1 rings (SSSR count). The lowest BCUT2D eigenvalue weighted by atomic mass is 9.77. The quantitative estimate of drug-likeness (QED) is 0.571. The third-order valence-electron chi connectivity index (χ3n) is 3.75. The lowest BCUT2D eigenvalue weighted by Crippen LogP contribution is -2.16. The summed E-state index contributed by atoms with van der Waals surface area (Å²) < 4.78 is 0. The summed E-state index contributed by atoms with van der Waals surface area (Å²) in [5.74, 6) is 1.02. The molecule has 0 nitrogen and oxygen atoms in total. The lowest BCUT2D eigenvalue weighted by Gasteiger charge is -2.28. The van der Waals surface area contributed by atoms with Gasteiger partial charge in [-0.05, 0) is 24.2 Å². The van der Waals surface area contributed by atoms with E-state index in [4.69, 9.17) is 0 Å². The predicted octanol–water partition coefficient (Wildman–Crippen LogP) is 5.17. The molecule has 1 fully saturated rings. The minimum Gasteiger partial charge on any atom is -0.0654 e. The van der Waals surface area contributed by atoms with Crippen molar-refractivity contribution in [1.82, 2.24) is 0 Å². The summed E-state index contributed by atoms with van der Waals surface area (Å²) >= 11 is 0. The van der Waals surface area contributed by atoms with Crippen molar-refractivity contribution in [2.45, 2.75) is 78.6 Å². The molecule has 14 heavy (non-hydrogen) atoms. The van der Waals surface area contributed by atoms with Crippen LogP contribution in [-0.2, 0) is 0 Å². The van der Waals surface area contributed by atoms with Gasteiger partial charge in [-0.25, -0.2) is 0 Å². The van der Waals surface area contributed by atoms with E-state index in [1.807, 2.05) is 0 Å². The Morgan fingerprint density at radius 3 is 2.50 bits per heavy atom. The molecule has 0 saturated heterocycles. The fraction of sp³-hybridized carbons (Fsp3) is 1.00. The smallest absolute Gasteiger partial charge is 0.0352 e. The van der Waals surface area contributed by atoms with E-state index >= 15 is 0 Å². The summed E-state index contributed by atoms with van der Waals surface area (Å²) in [5, 5.41) is 0. The highest BCUT2D eigenvalue weighted by molar-refractivity contribution is 4.75. The fourth-order valence-corrected chi connectivity index (χ4v) is 3.03. The Balaban J connectivity index is 2.47. The van der Waals surface area contributed by atoms with E-state index in [1.54, 1.807) is 0 Å². The van der Waals surface area contributed by atoms with Crippen molar-refractivity contribution in [3.63, 3.8) is 0 Å². The minimum atomic E-state index is 0.615. The van der Waals surface area contributed by atoms with Gasteiger partial charge in [0, 0.05) is 0 Å².